The van der Waals surface area contributed by atoms with Gasteiger partial charge in [0.25, 0.3) is 11.8 Å². The number of amides is 2. The molecule has 1 heterocycles. The molecule has 2 N–H and O–H groups in total. The maximum Gasteiger partial charge on any atom is 0.276 e. The van der Waals surface area contributed by atoms with Crippen molar-refractivity contribution in [1.82, 2.24) is 20.8 Å². The number of hydrogen-bond acceptors (Lipinski definition) is 5. The van der Waals surface area contributed by atoms with E-state index in [4.69, 9.17) is 4.74 Å². The fourth-order valence-electron chi connectivity index (χ4n) is 3.36. The summed E-state index contributed by atoms with van der Waals surface area (Å²) in [6, 6.07) is 22.6. The molecule has 7 heteroatoms. The first kappa shape index (κ1) is 22.0. The predicted octanol–water partition coefficient (Wildman–Crippen LogP) is 3.68. The minimum Gasteiger partial charge on any atom is -0.483 e. The lowest BCUT2D eigenvalue weighted by molar-refractivity contribution is -0.123. The van der Waals surface area contributed by atoms with Crippen molar-refractivity contribution in [3.63, 3.8) is 0 Å². The summed E-state index contributed by atoms with van der Waals surface area (Å²) in [6.45, 7) is 3.53. The first-order valence-electron chi connectivity index (χ1n) is 10.6. The molecule has 33 heavy (non-hydrogen) atoms. The highest BCUT2D eigenvalue weighted by Gasteiger charge is 2.11. The topological polar surface area (TPSA) is 93.2 Å². The van der Waals surface area contributed by atoms with Crippen LogP contribution in [0.2, 0.25) is 0 Å². The number of fused-ring (bicyclic) bond motifs is 1. The van der Waals surface area contributed by atoms with Crippen molar-refractivity contribution in [2.24, 2.45) is 0 Å². The van der Waals surface area contributed by atoms with Crippen molar-refractivity contribution in [3.8, 4) is 5.75 Å². The number of para-hydroxylation sites is 1. The van der Waals surface area contributed by atoms with Crippen molar-refractivity contribution < 1.29 is 14.3 Å². The third-order valence-corrected chi connectivity index (χ3v) is 5.22. The molecule has 0 radical (unpaired) electrons. The van der Waals surface area contributed by atoms with Crippen LogP contribution in [0.3, 0.4) is 0 Å². The molecule has 4 rings (SSSR count). The molecule has 0 unspecified atom stereocenters. The van der Waals surface area contributed by atoms with Crippen LogP contribution < -0.4 is 15.6 Å². The molecule has 3 aromatic carbocycles. The summed E-state index contributed by atoms with van der Waals surface area (Å²) in [7, 11) is 0. The Hall–Kier alpha value is -4.26. The van der Waals surface area contributed by atoms with E-state index in [1.54, 1.807) is 18.2 Å². The maximum absolute atomic E-state index is 12.5. The Bertz CT molecular complexity index is 1310. The van der Waals surface area contributed by atoms with Gasteiger partial charge in [-0.25, -0.2) is 9.97 Å². The van der Waals surface area contributed by atoms with Gasteiger partial charge in [0.2, 0.25) is 0 Å². The largest absolute Gasteiger partial charge is 0.483 e. The summed E-state index contributed by atoms with van der Waals surface area (Å²) in [5, 5.41) is 0. The number of nitrogens with zero attached hydrogens (tertiary/aromatic N) is 2. The minimum atomic E-state index is -0.468. The van der Waals surface area contributed by atoms with Gasteiger partial charge >= 0.3 is 0 Å². The lowest BCUT2D eigenvalue weighted by Gasteiger charge is -2.12. The number of rotatable bonds is 6. The lowest BCUT2D eigenvalue weighted by atomic mass is 10.0. The first-order chi connectivity index (χ1) is 16.0. The van der Waals surface area contributed by atoms with Crippen molar-refractivity contribution in [2.45, 2.75) is 20.3 Å². The van der Waals surface area contributed by atoms with E-state index in [9.17, 15) is 9.59 Å². The molecule has 4 aromatic rings. The molecule has 0 fully saturated rings. The Morgan fingerprint density at radius 1 is 0.818 bits per heavy atom. The zero-order chi connectivity index (χ0) is 23.2. The molecule has 0 aliphatic carbocycles. The van der Waals surface area contributed by atoms with Gasteiger partial charge in [-0.2, -0.15) is 0 Å². The molecule has 2 amide bonds. The molecule has 0 atom stereocenters. The summed E-state index contributed by atoms with van der Waals surface area (Å²) in [5.41, 5.74) is 10.3. The summed E-state index contributed by atoms with van der Waals surface area (Å²) >= 11 is 0. The number of carbonyl (C=O) groups excluding carboxylic acids is 2. The molecule has 7 nitrogen and oxygen atoms in total. The monoisotopic (exact) mass is 440 g/mol. The van der Waals surface area contributed by atoms with E-state index >= 15 is 0 Å². The van der Waals surface area contributed by atoms with Crippen LogP contribution in [0.25, 0.3) is 11.0 Å². The fourth-order valence-corrected chi connectivity index (χ4v) is 3.36. The SMILES string of the molecule is Cc1nc2ccc(C(=O)NNC(=O)COc3ccccc3Cc3ccccc3)cc2nc1C. The molecule has 0 saturated heterocycles. The van der Waals surface area contributed by atoms with E-state index in [1.807, 2.05) is 68.4 Å². The maximum atomic E-state index is 12.5. The molecule has 0 saturated carbocycles. The van der Waals surface area contributed by atoms with E-state index in [1.165, 1.54) is 0 Å². The van der Waals surface area contributed by atoms with Gasteiger partial charge in [-0.15, -0.1) is 0 Å². The van der Waals surface area contributed by atoms with Crippen molar-refractivity contribution >= 4 is 22.8 Å². The van der Waals surface area contributed by atoms with Gasteiger partial charge in [-0.05, 0) is 49.2 Å². The third kappa shape index (κ3) is 5.51. The second-order valence-electron chi connectivity index (χ2n) is 7.66. The van der Waals surface area contributed by atoms with Crippen LogP contribution in [0, 0.1) is 13.8 Å². The number of aromatic nitrogens is 2. The van der Waals surface area contributed by atoms with Crippen LogP contribution in [0.5, 0.6) is 5.75 Å². The highest BCUT2D eigenvalue weighted by molar-refractivity contribution is 5.98. The standard InChI is InChI=1S/C26H24N4O3/c1-17-18(2)28-23-15-21(12-13-22(23)27-17)26(32)30-29-25(31)16-33-24-11-7-6-10-20(24)14-19-8-4-3-5-9-19/h3-13,15H,14,16H2,1-2H3,(H,29,31)(H,30,32). The second-order valence-corrected chi connectivity index (χ2v) is 7.66. The number of aryl methyl sites for hydroxylation is 2. The van der Waals surface area contributed by atoms with Gasteiger partial charge in [0.05, 0.1) is 22.4 Å². The predicted molar refractivity (Wildman–Crippen MR) is 126 cm³/mol. The number of nitrogens with one attached hydrogen (secondary N) is 2. The van der Waals surface area contributed by atoms with E-state index in [-0.39, 0.29) is 6.61 Å². The molecule has 1 aromatic heterocycles. The van der Waals surface area contributed by atoms with Gasteiger partial charge in [0, 0.05) is 12.0 Å². The molecule has 166 valence electrons. The van der Waals surface area contributed by atoms with Crippen LogP contribution >= 0.6 is 0 Å². The van der Waals surface area contributed by atoms with E-state index in [0.717, 1.165) is 22.5 Å². The number of hydrogen-bond donors (Lipinski definition) is 2. The smallest absolute Gasteiger partial charge is 0.276 e. The van der Waals surface area contributed by atoms with Crippen LogP contribution in [0.4, 0.5) is 0 Å². The first-order valence-corrected chi connectivity index (χ1v) is 10.6. The van der Waals surface area contributed by atoms with Crippen LogP contribution in [-0.4, -0.2) is 28.4 Å². The molecule has 0 aliphatic rings. The number of hydrazine groups is 1. The Kier molecular flexibility index (Phi) is 6.59. The van der Waals surface area contributed by atoms with Crippen LogP contribution in [0.15, 0.2) is 72.8 Å². The van der Waals surface area contributed by atoms with E-state index in [0.29, 0.717) is 28.8 Å². The van der Waals surface area contributed by atoms with Gasteiger partial charge < -0.3 is 4.74 Å². The summed E-state index contributed by atoms with van der Waals surface area (Å²) in [6.07, 6.45) is 0.694. The van der Waals surface area contributed by atoms with Gasteiger partial charge in [0.15, 0.2) is 6.61 Å². The van der Waals surface area contributed by atoms with E-state index < -0.39 is 11.8 Å². The number of carbonyl (C=O) groups is 2. The van der Waals surface area contributed by atoms with Crippen molar-refractivity contribution in [2.75, 3.05) is 6.61 Å². The highest BCUT2D eigenvalue weighted by Crippen LogP contribution is 2.21. The van der Waals surface area contributed by atoms with E-state index in [2.05, 4.69) is 20.8 Å². The van der Waals surface area contributed by atoms with Gasteiger partial charge in [-0.3, -0.25) is 20.4 Å². The van der Waals surface area contributed by atoms with Crippen LogP contribution in [-0.2, 0) is 11.2 Å². The summed E-state index contributed by atoms with van der Waals surface area (Å²) < 4.78 is 5.71. The highest BCUT2D eigenvalue weighted by atomic mass is 16.5. The minimum absolute atomic E-state index is 0.228. The van der Waals surface area contributed by atoms with Crippen molar-refractivity contribution in [1.29, 1.82) is 0 Å². The zero-order valence-electron chi connectivity index (χ0n) is 18.5. The second kappa shape index (κ2) is 9.91. The number of benzene rings is 3. The van der Waals surface area contributed by atoms with Gasteiger partial charge in [-0.1, -0.05) is 48.5 Å². The molecule has 0 bridgehead atoms. The van der Waals surface area contributed by atoms with Crippen molar-refractivity contribution in [3.05, 3.63) is 101 Å². The fraction of sp³-hybridized carbons (Fsp3) is 0.154. The van der Waals surface area contributed by atoms with Gasteiger partial charge in [0.1, 0.15) is 5.75 Å². The molecule has 0 aliphatic heterocycles. The molecular formula is C26H24N4O3. The third-order valence-electron chi connectivity index (χ3n) is 5.22. The quantitative estimate of drug-likeness (QED) is 0.446. The molecular weight excluding hydrogens is 416 g/mol. The number of ether oxygens (including phenoxy) is 1. The molecule has 0 spiro atoms. The van der Waals surface area contributed by atoms with Crippen LogP contribution in [0.1, 0.15) is 32.9 Å². The Labute approximate surface area is 191 Å². The summed E-state index contributed by atoms with van der Waals surface area (Å²) in [5.74, 6) is -0.290. The average molecular weight is 441 g/mol. The Morgan fingerprint density at radius 3 is 2.30 bits per heavy atom. The Morgan fingerprint density at radius 2 is 1.52 bits per heavy atom. The average Bonchev–Trinajstić information content (AvgIpc) is 2.83. The normalized spacial score (nSPS) is 10.6. The lowest BCUT2D eigenvalue weighted by Crippen LogP contribution is -2.43. The summed E-state index contributed by atoms with van der Waals surface area (Å²) in [4.78, 5) is 33.6. The Balaban J connectivity index is 1.33. The zero-order valence-corrected chi connectivity index (χ0v) is 18.5.